The smallest absolute Gasteiger partial charge is 0.297 e. The Balaban J connectivity index is 1.82. The van der Waals surface area contributed by atoms with Gasteiger partial charge in [0, 0.05) is 5.92 Å². The quantitative estimate of drug-likeness (QED) is 0.339. The summed E-state index contributed by atoms with van der Waals surface area (Å²) in [5.74, 6) is -1.28. The Labute approximate surface area is 137 Å². The summed E-state index contributed by atoms with van der Waals surface area (Å²) in [5, 5.41) is 12.4. The normalized spacial score (nSPS) is 42.4. The van der Waals surface area contributed by atoms with Gasteiger partial charge in [0.2, 0.25) is 0 Å². The third-order valence-corrected chi connectivity index (χ3v) is 4.16. The second-order valence-electron chi connectivity index (χ2n) is 7.68. The maximum absolute atomic E-state index is 12.4. The molecule has 0 unspecified atom stereocenters. The minimum Gasteiger partial charge on any atom is -0.622 e. The molecular weight excluding hydrogens is 302 g/mol. The van der Waals surface area contributed by atoms with Crippen LogP contribution in [-0.2, 0) is 23.7 Å². The number of nitrogens with zero attached hydrogens (tertiary/aromatic N) is 1. The second-order valence-corrected chi connectivity index (χ2v) is 7.68. The molecule has 7 nitrogen and oxygen atoms in total. The molecule has 3 fully saturated rings. The van der Waals surface area contributed by atoms with Crippen molar-refractivity contribution in [1.82, 2.24) is 0 Å². The van der Waals surface area contributed by atoms with E-state index in [-0.39, 0.29) is 18.1 Å². The van der Waals surface area contributed by atoms with E-state index < -0.39 is 30.0 Å². The van der Waals surface area contributed by atoms with Crippen molar-refractivity contribution in [3.63, 3.8) is 0 Å². The number of hydroxylamine groups is 1. The highest BCUT2D eigenvalue weighted by atomic mass is 16.8. The van der Waals surface area contributed by atoms with Crippen LogP contribution >= 0.6 is 0 Å². The fourth-order valence-corrected chi connectivity index (χ4v) is 3.37. The summed E-state index contributed by atoms with van der Waals surface area (Å²) in [6, 6.07) is 0. The van der Waals surface area contributed by atoms with Crippen molar-refractivity contribution in [3.8, 4) is 0 Å². The van der Waals surface area contributed by atoms with E-state index in [9.17, 15) is 5.21 Å². The molecule has 0 N–H and O–H groups in total. The first kappa shape index (κ1) is 17.1. The zero-order chi connectivity index (χ0) is 17.0. The Morgan fingerprint density at radius 2 is 1.65 bits per heavy atom. The average Bonchev–Trinajstić information content (AvgIpc) is 2.98. The van der Waals surface area contributed by atoms with E-state index in [1.807, 2.05) is 41.5 Å². The molecule has 0 amide bonds. The molecule has 3 aliphatic heterocycles. The van der Waals surface area contributed by atoms with Gasteiger partial charge in [-0.2, -0.15) is 4.74 Å². The molecule has 0 spiro atoms. The molecule has 0 aromatic heterocycles. The van der Waals surface area contributed by atoms with Crippen LogP contribution in [0.1, 0.15) is 41.5 Å². The zero-order valence-corrected chi connectivity index (χ0v) is 14.6. The number of hydrogen-bond donors (Lipinski definition) is 0. The van der Waals surface area contributed by atoms with Gasteiger partial charge in [-0.25, -0.2) is 0 Å². The highest BCUT2D eigenvalue weighted by Gasteiger charge is 2.62. The molecule has 3 rings (SSSR count). The van der Waals surface area contributed by atoms with Gasteiger partial charge in [0.15, 0.2) is 23.9 Å². The molecule has 0 radical (unpaired) electrons. The fraction of sp³-hybridized carbons (Fsp3) is 0.938. The Kier molecular flexibility index (Phi) is 4.21. The molecule has 0 aromatic carbocycles. The van der Waals surface area contributed by atoms with Gasteiger partial charge < -0.3 is 28.9 Å². The molecule has 0 saturated carbocycles. The van der Waals surface area contributed by atoms with Crippen LogP contribution in [0.15, 0.2) is 0 Å². The summed E-state index contributed by atoms with van der Waals surface area (Å²) >= 11 is 0. The maximum atomic E-state index is 12.4. The highest BCUT2D eigenvalue weighted by Crippen LogP contribution is 2.42. The summed E-state index contributed by atoms with van der Waals surface area (Å²) in [6.07, 6.45) is -0.627. The van der Waals surface area contributed by atoms with Crippen LogP contribution < -0.4 is 0 Å². The molecule has 0 bridgehead atoms. The van der Waals surface area contributed by atoms with Crippen molar-refractivity contribution >= 4 is 6.21 Å². The molecule has 3 aliphatic rings. The molecule has 3 saturated heterocycles. The first-order chi connectivity index (χ1) is 10.6. The SMILES string of the molecule is CC(C)/C=[N+](\[O-])[C@@H]1O[C@@H]([C@H]2COC(C)(C)O2)[C@H]2OC(C)(C)O[C@H]21. The number of ether oxygens (including phenoxy) is 5. The zero-order valence-electron chi connectivity index (χ0n) is 14.6. The summed E-state index contributed by atoms with van der Waals surface area (Å²) in [7, 11) is 0. The van der Waals surface area contributed by atoms with Crippen molar-refractivity contribution in [2.24, 2.45) is 5.92 Å². The van der Waals surface area contributed by atoms with E-state index in [1.54, 1.807) is 6.21 Å². The Hall–Kier alpha value is -0.730. The Morgan fingerprint density at radius 1 is 1.00 bits per heavy atom. The molecule has 23 heavy (non-hydrogen) atoms. The van der Waals surface area contributed by atoms with Crippen molar-refractivity contribution in [2.45, 2.75) is 83.8 Å². The van der Waals surface area contributed by atoms with Crippen LogP contribution in [0, 0.1) is 11.1 Å². The van der Waals surface area contributed by atoms with Gasteiger partial charge in [0.25, 0.3) is 6.23 Å². The summed E-state index contributed by atoms with van der Waals surface area (Å²) in [5.41, 5.74) is 0. The van der Waals surface area contributed by atoms with Gasteiger partial charge in [0.1, 0.15) is 18.3 Å². The lowest BCUT2D eigenvalue weighted by Crippen LogP contribution is -2.40. The predicted octanol–water partition coefficient (Wildman–Crippen LogP) is 1.62. The van der Waals surface area contributed by atoms with Crippen molar-refractivity contribution in [3.05, 3.63) is 5.21 Å². The lowest BCUT2D eigenvalue weighted by molar-refractivity contribution is -0.564. The first-order valence-electron chi connectivity index (χ1n) is 8.21. The van der Waals surface area contributed by atoms with Crippen LogP contribution in [0.2, 0.25) is 0 Å². The second kappa shape index (κ2) is 5.67. The molecule has 0 aliphatic carbocycles. The third kappa shape index (κ3) is 3.39. The highest BCUT2D eigenvalue weighted by molar-refractivity contribution is 5.53. The predicted molar refractivity (Wildman–Crippen MR) is 81.9 cm³/mol. The lowest BCUT2D eigenvalue weighted by Gasteiger charge is -2.26. The molecule has 3 heterocycles. The van der Waals surface area contributed by atoms with Gasteiger partial charge in [-0.05, 0) is 27.7 Å². The first-order valence-corrected chi connectivity index (χ1v) is 8.21. The lowest BCUT2D eigenvalue weighted by atomic mass is 10.1. The van der Waals surface area contributed by atoms with Gasteiger partial charge in [0.05, 0.1) is 6.61 Å². The Morgan fingerprint density at radius 3 is 2.22 bits per heavy atom. The summed E-state index contributed by atoms with van der Waals surface area (Å²) < 4.78 is 30.3. The van der Waals surface area contributed by atoms with E-state index in [2.05, 4.69) is 0 Å². The summed E-state index contributed by atoms with van der Waals surface area (Å²) in [6.45, 7) is 11.7. The van der Waals surface area contributed by atoms with E-state index >= 15 is 0 Å². The van der Waals surface area contributed by atoms with E-state index in [0.29, 0.717) is 6.61 Å². The van der Waals surface area contributed by atoms with Crippen LogP contribution in [0.5, 0.6) is 0 Å². The number of fused-ring (bicyclic) bond motifs is 1. The van der Waals surface area contributed by atoms with E-state index in [1.165, 1.54) is 0 Å². The fourth-order valence-electron chi connectivity index (χ4n) is 3.37. The maximum Gasteiger partial charge on any atom is 0.297 e. The molecule has 7 heteroatoms. The van der Waals surface area contributed by atoms with Crippen LogP contribution in [0.3, 0.4) is 0 Å². The van der Waals surface area contributed by atoms with Crippen LogP contribution in [0.25, 0.3) is 0 Å². The van der Waals surface area contributed by atoms with Gasteiger partial charge in [-0.15, -0.1) is 0 Å². The average molecular weight is 329 g/mol. The van der Waals surface area contributed by atoms with Crippen LogP contribution in [-0.4, -0.2) is 59.8 Å². The van der Waals surface area contributed by atoms with Crippen molar-refractivity contribution in [1.29, 1.82) is 0 Å². The van der Waals surface area contributed by atoms with Gasteiger partial charge >= 0.3 is 0 Å². The van der Waals surface area contributed by atoms with Gasteiger partial charge in [-0.3, -0.25) is 0 Å². The number of rotatable bonds is 3. The molecule has 0 aromatic rings. The number of hydrogen-bond acceptors (Lipinski definition) is 6. The van der Waals surface area contributed by atoms with E-state index in [0.717, 1.165) is 4.74 Å². The summed E-state index contributed by atoms with van der Waals surface area (Å²) in [4.78, 5) is 0. The standard InChI is InChI=1S/C16H27NO6/c1-9(2)7-17(18)14-13-12(22-16(5,6)23-13)11(20-14)10-8-19-15(3,4)21-10/h7,9-14H,8H2,1-6H3/b17-7-/t10-,11+,12-,13-,14-/m1/s1. The minimum absolute atomic E-state index is 0.119. The van der Waals surface area contributed by atoms with Crippen molar-refractivity contribution in [2.75, 3.05) is 6.61 Å². The third-order valence-electron chi connectivity index (χ3n) is 4.16. The minimum atomic E-state index is -0.747. The molecule has 5 atom stereocenters. The van der Waals surface area contributed by atoms with Crippen LogP contribution in [0.4, 0.5) is 0 Å². The monoisotopic (exact) mass is 329 g/mol. The van der Waals surface area contributed by atoms with E-state index in [4.69, 9.17) is 23.7 Å². The topological polar surface area (TPSA) is 72.2 Å². The Bertz CT molecular complexity index is 489. The molecular formula is C16H27NO6. The van der Waals surface area contributed by atoms with Crippen molar-refractivity contribution < 1.29 is 28.4 Å². The molecule has 132 valence electrons. The largest absolute Gasteiger partial charge is 0.622 e. The van der Waals surface area contributed by atoms with Gasteiger partial charge in [-0.1, -0.05) is 13.8 Å².